The van der Waals surface area contributed by atoms with Crippen molar-refractivity contribution < 1.29 is 44.1 Å². The molecule has 1 aromatic heterocycles. The molecular weight excluding hydrogens is 432 g/mol. The highest BCUT2D eigenvalue weighted by Crippen LogP contribution is 2.03. The maximum absolute atomic E-state index is 12.6. The van der Waals surface area contributed by atoms with Crippen LogP contribution in [0.1, 0.15) is 25.0 Å². The Bertz CT molecular complexity index is 842. The summed E-state index contributed by atoms with van der Waals surface area (Å²) in [5, 5.41) is 32.9. The van der Waals surface area contributed by atoms with Gasteiger partial charge in [-0.1, -0.05) is 0 Å². The van der Waals surface area contributed by atoms with Gasteiger partial charge in [0.2, 0.25) is 17.7 Å². The zero-order valence-corrected chi connectivity index (χ0v) is 16.7. The van der Waals surface area contributed by atoms with Crippen molar-refractivity contribution in [1.82, 2.24) is 25.9 Å². The second kappa shape index (κ2) is 12.6. The molecule has 9 N–H and O–H groups in total. The third-order valence-electron chi connectivity index (χ3n) is 4.04. The number of nitrogens with one attached hydrogen (secondary N) is 4. The number of imidazole rings is 1. The lowest BCUT2D eigenvalue weighted by Gasteiger charge is -2.23. The van der Waals surface area contributed by atoms with Crippen molar-refractivity contribution in [2.75, 3.05) is 6.54 Å². The number of carbonyl (C=O) groups is 6. The van der Waals surface area contributed by atoms with E-state index in [4.69, 9.17) is 21.1 Å². The molecule has 1 rings (SSSR count). The second-order valence-corrected chi connectivity index (χ2v) is 6.65. The van der Waals surface area contributed by atoms with Gasteiger partial charge >= 0.3 is 17.9 Å². The molecule has 0 saturated heterocycles. The van der Waals surface area contributed by atoms with Crippen LogP contribution in [-0.2, 0) is 35.2 Å². The maximum atomic E-state index is 12.6. The van der Waals surface area contributed by atoms with E-state index in [0.717, 1.165) is 0 Å². The third-order valence-corrected chi connectivity index (χ3v) is 4.04. The number of hydrogen-bond acceptors (Lipinski definition) is 8. The van der Waals surface area contributed by atoms with Crippen molar-refractivity contribution in [3.8, 4) is 0 Å². The van der Waals surface area contributed by atoms with Crippen LogP contribution in [0.25, 0.3) is 0 Å². The first-order valence-electron chi connectivity index (χ1n) is 9.26. The van der Waals surface area contributed by atoms with E-state index in [1.165, 1.54) is 12.5 Å². The maximum Gasteiger partial charge on any atom is 0.322 e. The van der Waals surface area contributed by atoms with Crippen molar-refractivity contribution >= 4 is 35.6 Å². The molecule has 0 bridgehead atoms. The summed E-state index contributed by atoms with van der Waals surface area (Å²) < 4.78 is 0. The number of carbonyl (C=O) groups excluding carboxylic acids is 3. The normalized spacial score (nSPS) is 13.3. The van der Waals surface area contributed by atoms with E-state index < -0.39 is 79.6 Å². The Morgan fingerprint density at radius 2 is 1.59 bits per heavy atom. The summed E-state index contributed by atoms with van der Waals surface area (Å²) in [5.41, 5.74) is 6.29. The van der Waals surface area contributed by atoms with Crippen molar-refractivity contribution in [2.24, 2.45) is 5.73 Å². The first-order valence-corrected chi connectivity index (χ1v) is 9.26. The molecule has 176 valence electrons. The Balaban J connectivity index is 2.87. The monoisotopic (exact) mass is 456 g/mol. The predicted molar refractivity (Wildman–Crippen MR) is 104 cm³/mol. The summed E-state index contributed by atoms with van der Waals surface area (Å²) in [6.07, 6.45) is 1.02. The number of H-pyrrole nitrogens is 1. The zero-order chi connectivity index (χ0) is 24.3. The summed E-state index contributed by atoms with van der Waals surface area (Å²) in [7, 11) is 0. The van der Waals surface area contributed by atoms with Crippen molar-refractivity contribution in [3.63, 3.8) is 0 Å². The number of carboxylic acid groups (broad SMARTS) is 3. The minimum atomic E-state index is -1.63. The van der Waals surface area contributed by atoms with Gasteiger partial charge in [-0.2, -0.15) is 0 Å². The predicted octanol–water partition coefficient (Wildman–Crippen LogP) is -3.21. The summed E-state index contributed by atoms with van der Waals surface area (Å²) in [5.74, 6) is -7.02. The lowest BCUT2D eigenvalue weighted by Crippen LogP contribution is -2.56. The molecule has 0 fully saturated rings. The number of aromatic amines is 1. The molecule has 32 heavy (non-hydrogen) atoms. The molecule has 0 aliphatic carbocycles. The molecule has 1 heterocycles. The summed E-state index contributed by atoms with van der Waals surface area (Å²) in [6.45, 7) is -0.782. The quantitative estimate of drug-likeness (QED) is 0.138. The van der Waals surface area contributed by atoms with Crippen LogP contribution >= 0.6 is 0 Å². The number of hydrogen-bond donors (Lipinski definition) is 8. The second-order valence-electron chi connectivity index (χ2n) is 6.65. The van der Waals surface area contributed by atoms with Crippen LogP contribution in [0.2, 0.25) is 0 Å². The molecule has 15 nitrogen and oxygen atoms in total. The molecule has 15 heteroatoms. The number of rotatable bonds is 14. The Morgan fingerprint density at radius 1 is 0.938 bits per heavy atom. The first-order chi connectivity index (χ1) is 15.0. The van der Waals surface area contributed by atoms with E-state index in [2.05, 4.69) is 20.6 Å². The fraction of sp³-hybridized carbons (Fsp3) is 0.471. The van der Waals surface area contributed by atoms with Gasteiger partial charge in [0.1, 0.15) is 18.6 Å². The Labute approximate surface area is 180 Å². The van der Waals surface area contributed by atoms with Gasteiger partial charge in [0.05, 0.1) is 18.8 Å². The van der Waals surface area contributed by atoms with Crippen LogP contribution in [-0.4, -0.2) is 85.6 Å². The standard InChI is InChI=1S/C17H24N6O9/c18-9(3-8-5-19-7-21-8)15(30)23-11(4-13(26)27)17(32)22-10(1-2-12(24)25)16(31)20-6-14(28)29/h5,7,9-11H,1-4,6,18H2,(H,19,21)(H,20,31)(H,22,32)(H,23,30)(H,24,25)(H,26,27)(H,28,29). The van der Waals surface area contributed by atoms with E-state index in [1.54, 1.807) is 0 Å². The van der Waals surface area contributed by atoms with Gasteiger partial charge in [0.25, 0.3) is 0 Å². The van der Waals surface area contributed by atoms with Crippen molar-refractivity contribution in [1.29, 1.82) is 0 Å². The van der Waals surface area contributed by atoms with Gasteiger partial charge in [-0.15, -0.1) is 0 Å². The molecule has 3 atom stereocenters. The Hall–Kier alpha value is -4.01. The smallest absolute Gasteiger partial charge is 0.322 e. The number of nitrogens with zero attached hydrogens (tertiary/aromatic N) is 1. The van der Waals surface area contributed by atoms with E-state index in [0.29, 0.717) is 5.69 Å². The van der Waals surface area contributed by atoms with Gasteiger partial charge < -0.3 is 42.0 Å². The van der Waals surface area contributed by atoms with Gasteiger partial charge in [-0.05, 0) is 6.42 Å². The average molecular weight is 456 g/mol. The number of aliphatic carboxylic acids is 3. The van der Waals surface area contributed by atoms with Crippen LogP contribution in [0.15, 0.2) is 12.5 Å². The summed E-state index contributed by atoms with van der Waals surface area (Å²) >= 11 is 0. The van der Waals surface area contributed by atoms with Crippen molar-refractivity contribution in [3.05, 3.63) is 18.2 Å². The summed E-state index contributed by atoms with van der Waals surface area (Å²) in [4.78, 5) is 76.1. The lowest BCUT2D eigenvalue weighted by molar-refractivity contribution is -0.142. The molecule has 0 aliphatic rings. The average Bonchev–Trinajstić information content (AvgIpc) is 3.20. The van der Waals surface area contributed by atoms with E-state index >= 15 is 0 Å². The van der Waals surface area contributed by atoms with Crippen molar-refractivity contribution in [2.45, 2.75) is 43.8 Å². The minimum absolute atomic E-state index is 0.0199. The molecule has 0 radical (unpaired) electrons. The topological polar surface area (TPSA) is 254 Å². The van der Waals surface area contributed by atoms with Crippen LogP contribution in [0.5, 0.6) is 0 Å². The molecule has 0 aliphatic heterocycles. The highest BCUT2D eigenvalue weighted by molar-refractivity contribution is 5.95. The molecule has 3 amide bonds. The molecular formula is C17H24N6O9. The van der Waals surface area contributed by atoms with Gasteiger partial charge in [0.15, 0.2) is 0 Å². The Kier molecular flexibility index (Phi) is 10.3. The fourth-order valence-electron chi connectivity index (χ4n) is 2.48. The number of amides is 3. The number of nitrogens with two attached hydrogens (primary N) is 1. The zero-order valence-electron chi connectivity index (χ0n) is 16.7. The van der Waals surface area contributed by atoms with Crippen LogP contribution in [0.3, 0.4) is 0 Å². The molecule has 3 unspecified atom stereocenters. The third kappa shape index (κ3) is 9.66. The van der Waals surface area contributed by atoms with Crippen LogP contribution < -0.4 is 21.7 Å². The van der Waals surface area contributed by atoms with Crippen LogP contribution in [0.4, 0.5) is 0 Å². The minimum Gasteiger partial charge on any atom is -0.481 e. The number of aromatic nitrogens is 2. The van der Waals surface area contributed by atoms with Gasteiger partial charge in [-0.25, -0.2) is 4.98 Å². The van der Waals surface area contributed by atoms with E-state index in [-0.39, 0.29) is 6.42 Å². The lowest BCUT2D eigenvalue weighted by atomic mass is 10.1. The van der Waals surface area contributed by atoms with Gasteiger partial charge in [-0.3, -0.25) is 28.8 Å². The molecule has 1 aromatic rings. The first kappa shape index (κ1) is 26.0. The fourth-order valence-corrected chi connectivity index (χ4v) is 2.48. The SMILES string of the molecule is NC(Cc1cnc[nH]1)C(=O)NC(CC(=O)O)C(=O)NC(CCC(=O)O)C(=O)NCC(=O)O. The molecule has 0 saturated carbocycles. The Morgan fingerprint density at radius 3 is 2.12 bits per heavy atom. The molecule has 0 aromatic carbocycles. The number of carboxylic acids is 3. The van der Waals surface area contributed by atoms with Gasteiger partial charge in [0, 0.05) is 24.7 Å². The van der Waals surface area contributed by atoms with E-state index in [1.807, 2.05) is 5.32 Å². The highest BCUT2D eigenvalue weighted by Gasteiger charge is 2.30. The van der Waals surface area contributed by atoms with E-state index in [9.17, 15) is 28.8 Å². The molecule has 0 spiro atoms. The largest absolute Gasteiger partial charge is 0.481 e. The van der Waals surface area contributed by atoms with Crippen LogP contribution in [0, 0.1) is 0 Å². The summed E-state index contributed by atoms with van der Waals surface area (Å²) in [6, 6.07) is -4.27. The highest BCUT2D eigenvalue weighted by atomic mass is 16.4.